The number of halogens is 1. The molecular weight excluding hydrogens is 536 g/mol. The van der Waals surface area contributed by atoms with Gasteiger partial charge in [0.1, 0.15) is 0 Å². The van der Waals surface area contributed by atoms with Crippen molar-refractivity contribution in [1.29, 1.82) is 5.26 Å². The third-order valence-electron chi connectivity index (χ3n) is 5.52. The maximum Gasteiger partial charge on any atom is 4.00 e. The molecule has 0 spiro atoms. The molecule has 1 N–H and O–H groups in total. The second-order valence-corrected chi connectivity index (χ2v) is 8.19. The Labute approximate surface area is 230 Å². The van der Waals surface area contributed by atoms with Gasteiger partial charge >= 0.3 is 23.9 Å². The molecule has 6 heteroatoms. The number of carbonyl (C=O) groups is 1. The fourth-order valence-electron chi connectivity index (χ4n) is 3.44. The molecule has 0 atom stereocenters. The summed E-state index contributed by atoms with van der Waals surface area (Å²) < 4.78 is 0. The van der Waals surface area contributed by atoms with Crippen molar-refractivity contribution in [1.82, 2.24) is 10.2 Å². The number of carbonyl (C=O) groups excluding carboxylic acids is 1. The average Bonchev–Trinajstić information content (AvgIpc) is 2.85. The summed E-state index contributed by atoms with van der Waals surface area (Å²) in [4.78, 5) is 12.1. The summed E-state index contributed by atoms with van der Waals surface area (Å²) in [6.45, 7) is 11.4. The normalized spacial score (nSPS) is 16.4. The van der Waals surface area contributed by atoms with Crippen LogP contribution in [-0.4, -0.2) is 54.3 Å². The number of hydrogen-bond acceptors (Lipinski definition) is 3. The summed E-state index contributed by atoms with van der Waals surface area (Å²) in [5.74, 6) is -0.322. The van der Waals surface area contributed by atoms with Crippen molar-refractivity contribution in [3.63, 3.8) is 0 Å². The Kier molecular flexibility index (Phi) is 44.5. The molecule has 0 heterocycles. The second-order valence-electron chi connectivity index (χ2n) is 8.19. The van der Waals surface area contributed by atoms with Gasteiger partial charge in [-0.25, -0.2) is 0 Å². The van der Waals surface area contributed by atoms with Crippen LogP contribution in [0, 0.1) is 30.7 Å². The number of nitrogens with zero attached hydrogens (tertiary/aromatic N) is 2. The predicted molar refractivity (Wildman–Crippen MR) is 141 cm³/mol. The number of nitriles is 1. The minimum Gasteiger partial charge on any atom is -1.00 e. The second kappa shape index (κ2) is 36.6. The van der Waals surface area contributed by atoms with Crippen LogP contribution < -0.4 is 17.7 Å². The van der Waals surface area contributed by atoms with E-state index in [2.05, 4.69) is 44.9 Å². The van der Waals surface area contributed by atoms with Crippen molar-refractivity contribution in [3.8, 4) is 6.19 Å². The van der Waals surface area contributed by atoms with Crippen molar-refractivity contribution < 1.29 is 17.2 Å². The van der Waals surface area contributed by atoms with Crippen LogP contribution in [0.1, 0.15) is 124 Å². The first-order valence-corrected chi connectivity index (χ1v) is 12.9. The fourth-order valence-corrected chi connectivity index (χ4v) is 3.44. The summed E-state index contributed by atoms with van der Waals surface area (Å²) in [5.41, 5.74) is 0. The van der Waals surface area contributed by atoms with Crippen LogP contribution in [0.3, 0.4) is 0 Å². The van der Waals surface area contributed by atoms with Gasteiger partial charge in [-0.1, -0.05) is 78.6 Å². The smallest absolute Gasteiger partial charge is 1.00 e. The van der Waals surface area contributed by atoms with Gasteiger partial charge in [0.05, 0.1) is 0 Å². The van der Waals surface area contributed by atoms with Crippen LogP contribution in [0.4, 0.5) is 0 Å². The SMILES string of the molecule is CC(=O)NC#N.CCN(CC)CC.[CH-]1CCCCC1.[CH-]1CCCCC1.[CH-]1CCCCC1.[Cl-].[Sn+4]. The Morgan fingerprint density at radius 1 is 0.727 bits per heavy atom. The molecule has 0 aromatic carbocycles. The molecule has 0 aliphatic heterocycles. The van der Waals surface area contributed by atoms with Crippen LogP contribution in [0.25, 0.3) is 0 Å². The standard InChI is InChI=1S/C6H15N.3C6H11.C3H4N2O.ClH.Sn/c1-4-7(5-2)6-3;3*1-2-4-6-5-3-1;1-3(6)5-2-4;;/h4-6H2,1-3H3;3*1H,2-6H2;1H3,(H,5,6);1H;/q;3*-1;;;+4/p-1. The van der Waals surface area contributed by atoms with E-state index in [1.165, 1.54) is 129 Å². The molecule has 0 bridgehead atoms. The Morgan fingerprint density at radius 3 is 1.03 bits per heavy atom. The number of rotatable bonds is 3. The fraction of sp³-hybridized carbons (Fsp3) is 0.815. The molecule has 4 nitrogen and oxygen atoms in total. The van der Waals surface area contributed by atoms with Gasteiger partial charge < -0.3 is 36.6 Å². The molecular formula is C27H52ClN3OSn. The van der Waals surface area contributed by atoms with Crippen molar-refractivity contribution >= 4 is 29.8 Å². The number of hydrogen-bond donors (Lipinski definition) is 1. The van der Waals surface area contributed by atoms with Gasteiger partial charge in [0.25, 0.3) is 0 Å². The Balaban J connectivity index is -0.000000157. The van der Waals surface area contributed by atoms with Crippen LogP contribution >= 0.6 is 0 Å². The zero-order chi connectivity index (χ0) is 23.4. The van der Waals surface area contributed by atoms with Crippen molar-refractivity contribution in [2.75, 3.05) is 19.6 Å². The van der Waals surface area contributed by atoms with Crippen LogP contribution in [0.5, 0.6) is 0 Å². The Bertz CT molecular complexity index is 321. The molecule has 3 rings (SSSR count). The number of nitrogens with one attached hydrogen (secondary N) is 1. The minimum absolute atomic E-state index is 0. The first-order chi connectivity index (χ1) is 15.1. The van der Waals surface area contributed by atoms with E-state index in [0.717, 1.165) is 0 Å². The van der Waals surface area contributed by atoms with E-state index in [1.807, 2.05) is 5.32 Å². The van der Waals surface area contributed by atoms with Gasteiger partial charge in [-0.15, -0.1) is 0 Å². The van der Waals surface area contributed by atoms with E-state index in [9.17, 15) is 4.79 Å². The van der Waals surface area contributed by atoms with E-state index in [4.69, 9.17) is 5.26 Å². The summed E-state index contributed by atoms with van der Waals surface area (Å²) in [6.07, 6.45) is 30.0. The molecule has 3 aliphatic carbocycles. The average molecular weight is 589 g/mol. The molecule has 0 aromatic rings. The third-order valence-corrected chi connectivity index (χ3v) is 5.52. The van der Waals surface area contributed by atoms with Crippen LogP contribution in [0.2, 0.25) is 0 Å². The van der Waals surface area contributed by atoms with E-state index in [1.54, 1.807) is 0 Å². The molecule has 3 fully saturated rings. The largest absolute Gasteiger partial charge is 4.00 e. The van der Waals surface area contributed by atoms with Gasteiger partial charge in [0.15, 0.2) is 6.19 Å². The van der Waals surface area contributed by atoms with Gasteiger partial charge in [-0.05, 0) is 19.6 Å². The van der Waals surface area contributed by atoms with E-state index in [0.29, 0.717) is 0 Å². The monoisotopic (exact) mass is 589 g/mol. The molecule has 3 saturated carbocycles. The molecule has 0 unspecified atom stereocenters. The van der Waals surface area contributed by atoms with Gasteiger partial charge in [-0.2, -0.15) is 43.8 Å². The molecule has 0 saturated heterocycles. The maximum atomic E-state index is 9.71. The molecule has 1 amide bonds. The summed E-state index contributed by atoms with van der Waals surface area (Å²) >= 11 is 0. The topological polar surface area (TPSA) is 56.1 Å². The minimum atomic E-state index is -0.322. The van der Waals surface area contributed by atoms with Crippen molar-refractivity contribution in [2.45, 2.75) is 124 Å². The summed E-state index contributed by atoms with van der Waals surface area (Å²) in [7, 11) is 0. The predicted octanol–water partition coefficient (Wildman–Crippen LogP) is 4.04. The van der Waals surface area contributed by atoms with E-state index >= 15 is 0 Å². The summed E-state index contributed by atoms with van der Waals surface area (Å²) in [6, 6.07) is 0. The van der Waals surface area contributed by atoms with E-state index in [-0.39, 0.29) is 42.2 Å². The molecule has 192 valence electrons. The van der Waals surface area contributed by atoms with Gasteiger partial charge in [-0.3, -0.25) is 10.1 Å². The zero-order valence-electron chi connectivity index (χ0n) is 22.1. The molecule has 0 radical (unpaired) electrons. The first-order valence-electron chi connectivity index (χ1n) is 12.9. The van der Waals surface area contributed by atoms with Gasteiger partial charge in [0, 0.05) is 6.92 Å². The van der Waals surface area contributed by atoms with Gasteiger partial charge in [0.2, 0.25) is 5.91 Å². The Morgan fingerprint density at radius 2 is 1.00 bits per heavy atom. The first kappa shape index (κ1) is 40.2. The van der Waals surface area contributed by atoms with Crippen molar-refractivity contribution in [3.05, 3.63) is 19.3 Å². The quantitative estimate of drug-likeness (QED) is 0.234. The molecule has 3 aliphatic rings. The molecule has 33 heavy (non-hydrogen) atoms. The van der Waals surface area contributed by atoms with E-state index < -0.39 is 0 Å². The maximum absolute atomic E-state index is 9.71. The van der Waals surface area contributed by atoms with Crippen LogP contribution in [0.15, 0.2) is 0 Å². The summed E-state index contributed by atoms with van der Waals surface area (Å²) in [5, 5.41) is 9.53. The van der Waals surface area contributed by atoms with Crippen molar-refractivity contribution in [2.24, 2.45) is 0 Å². The number of amides is 1. The Hall–Kier alpha value is 0.00870. The third kappa shape index (κ3) is 39.5. The van der Waals surface area contributed by atoms with Crippen LogP contribution in [-0.2, 0) is 4.79 Å². The molecule has 0 aromatic heterocycles. The zero-order valence-corrected chi connectivity index (χ0v) is 25.8.